The van der Waals surface area contributed by atoms with E-state index in [0.29, 0.717) is 6.61 Å². The Kier molecular flexibility index (Phi) is 11.0. The van der Waals surface area contributed by atoms with Gasteiger partial charge in [-0.15, -0.1) is 0 Å². The van der Waals surface area contributed by atoms with Gasteiger partial charge in [0.1, 0.15) is 6.61 Å². The maximum Gasteiger partial charge on any atom is 0.414 e. The Morgan fingerprint density at radius 1 is 0.833 bits per heavy atom. The Balaban J connectivity index is 0.000000538. The zero-order chi connectivity index (χ0) is 25.8. The molecule has 2 aliphatic heterocycles. The number of hydrogen-bond acceptors (Lipinski definition) is 6. The molecular weight excluding hydrogens is 460 g/mol. The first kappa shape index (κ1) is 27.5. The summed E-state index contributed by atoms with van der Waals surface area (Å²) in [6.45, 7) is 6.54. The summed E-state index contributed by atoms with van der Waals surface area (Å²) < 4.78 is 11.6. The number of ether oxygens (including phenoxy) is 2. The topological polar surface area (TPSA) is 99.5 Å². The molecule has 2 saturated heterocycles. The molecule has 2 heterocycles. The summed E-state index contributed by atoms with van der Waals surface area (Å²) in [5.41, 5.74) is 2.47. The van der Waals surface area contributed by atoms with E-state index in [1.807, 2.05) is 24.3 Å². The number of rotatable bonds is 7. The molecular formula is C28H38N2O6. The SMILES string of the molecule is COc1ccc(CN2CCC(N3CCCCCC3)CC2)cc1OCc1ccccc1.O=C(O)C(=O)O. The molecule has 0 radical (unpaired) electrons. The number of aliphatic carboxylic acids is 2. The van der Waals surface area contributed by atoms with Crippen LogP contribution in [0.2, 0.25) is 0 Å². The smallest absolute Gasteiger partial charge is 0.414 e. The van der Waals surface area contributed by atoms with Crippen molar-refractivity contribution in [1.29, 1.82) is 0 Å². The summed E-state index contributed by atoms with van der Waals surface area (Å²) in [5.74, 6) is -2.02. The van der Waals surface area contributed by atoms with Gasteiger partial charge in [-0.25, -0.2) is 9.59 Å². The van der Waals surface area contributed by atoms with E-state index in [-0.39, 0.29) is 0 Å². The molecule has 0 aromatic heterocycles. The largest absolute Gasteiger partial charge is 0.493 e. The highest BCUT2D eigenvalue weighted by Crippen LogP contribution is 2.30. The first-order valence-corrected chi connectivity index (χ1v) is 12.7. The molecule has 4 rings (SSSR count). The van der Waals surface area contributed by atoms with Crippen LogP contribution in [-0.2, 0) is 22.7 Å². The summed E-state index contributed by atoms with van der Waals surface area (Å²) in [7, 11) is 1.71. The third-order valence-electron chi connectivity index (χ3n) is 6.77. The van der Waals surface area contributed by atoms with E-state index in [9.17, 15) is 0 Å². The molecule has 8 nitrogen and oxygen atoms in total. The molecule has 0 unspecified atom stereocenters. The van der Waals surface area contributed by atoms with Gasteiger partial charge in [0.05, 0.1) is 7.11 Å². The predicted molar refractivity (Wildman–Crippen MR) is 137 cm³/mol. The van der Waals surface area contributed by atoms with E-state index in [1.165, 1.54) is 75.8 Å². The van der Waals surface area contributed by atoms with Gasteiger partial charge in [-0.05, 0) is 75.1 Å². The maximum absolute atomic E-state index is 9.10. The molecule has 0 amide bonds. The van der Waals surface area contributed by atoms with Gasteiger partial charge in [-0.2, -0.15) is 0 Å². The summed E-state index contributed by atoms with van der Waals surface area (Å²) in [6, 6.07) is 17.5. The van der Waals surface area contributed by atoms with E-state index < -0.39 is 11.9 Å². The Morgan fingerprint density at radius 3 is 2.06 bits per heavy atom. The lowest BCUT2D eigenvalue weighted by molar-refractivity contribution is -0.159. The van der Waals surface area contributed by atoms with Crippen LogP contribution < -0.4 is 9.47 Å². The van der Waals surface area contributed by atoms with Crippen molar-refractivity contribution < 1.29 is 29.3 Å². The van der Waals surface area contributed by atoms with Crippen LogP contribution in [0.15, 0.2) is 48.5 Å². The Hall–Kier alpha value is -3.10. The van der Waals surface area contributed by atoms with Crippen LogP contribution in [-0.4, -0.2) is 71.3 Å². The molecule has 0 spiro atoms. The lowest BCUT2D eigenvalue weighted by Crippen LogP contribution is -2.45. The van der Waals surface area contributed by atoms with Gasteiger partial charge >= 0.3 is 11.9 Å². The van der Waals surface area contributed by atoms with Crippen LogP contribution in [0.25, 0.3) is 0 Å². The van der Waals surface area contributed by atoms with E-state index in [0.717, 1.165) is 24.1 Å². The van der Waals surface area contributed by atoms with Gasteiger partial charge in [-0.1, -0.05) is 49.2 Å². The van der Waals surface area contributed by atoms with Gasteiger partial charge < -0.3 is 24.6 Å². The lowest BCUT2D eigenvalue weighted by Gasteiger charge is -2.38. The summed E-state index contributed by atoms with van der Waals surface area (Å²) >= 11 is 0. The molecule has 0 saturated carbocycles. The molecule has 0 aliphatic carbocycles. The standard InChI is InChI=1S/C26H36N2O2.C2H2O4/c1-29-25-12-11-23(19-26(25)30-21-22-9-5-4-6-10-22)20-27-17-13-24(14-18-27)28-15-7-2-3-8-16-28;3-1(4)2(5)6/h4-6,9-12,19,24H,2-3,7-8,13-18,20-21H2,1H3;(H,3,4)(H,5,6). The Morgan fingerprint density at radius 2 is 1.47 bits per heavy atom. The van der Waals surface area contributed by atoms with Gasteiger partial charge in [-0.3, -0.25) is 4.90 Å². The number of methoxy groups -OCH3 is 1. The van der Waals surface area contributed by atoms with E-state index in [2.05, 4.69) is 34.1 Å². The molecule has 2 N–H and O–H groups in total. The average Bonchev–Trinajstić information content (AvgIpc) is 3.19. The van der Waals surface area contributed by atoms with E-state index in [4.69, 9.17) is 29.3 Å². The molecule has 36 heavy (non-hydrogen) atoms. The number of likely N-dealkylation sites (tertiary alicyclic amines) is 2. The van der Waals surface area contributed by atoms with Crippen molar-refractivity contribution in [2.24, 2.45) is 0 Å². The quantitative estimate of drug-likeness (QED) is 0.546. The highest BCUT2D eigenvalue weighted by molar-refractivity contribution is 6.27. The fourth-order valence-corrected chi connectivity index (χ4v) is 4.83. The van der Waals surface area contributed by atoms with Crippen molar-refractivity contribution in [3.05, 3.63) is 59.7 Å². The minimum absolute atomic E-state index is 0.557. The molecule has 0 atom stereocenters. The van der Waals surface area contributed by atoms with Crippen LogP contribution in [0.3, 0.4) is 0 Å². The van der Waals surface area contributed by atoms with E-state index >= 15 is 0 Å². The monoisotopic (exact) mass is 498 g/mol. The van der Waals surface area contributed by atoms with E-state index in [1.54, 1.807) is 7.11 Å². The zero-order valence-electron chi connectivity index (χ0n) is 21.1. The third-order valence-corrected chi connectivity index (χ3v) is 6.77. The maximum atomic E-state index is 9.10. The van der Waals surface area contributed by atoms with Crippen LogP contribution in [0.4, 0.5) is 0 Å². The Bertz CT molecular complexity index is 940. The summed E-state index contributed by atoms with van der Waals surface area (Å²) in [5, 5.41) is 14.8. The molecule has 2 aromatic rings. The fraction of sp³-hybridized carbons (Fsp3) is 0.500. The first-order valence-electron chi connectivity index (χ1n) is 12.7. The zero-order valence-corrected chi connectivity index (χ0v) is 21.1. The normalized spacial score (nSPS) is 17.4. The van der Waals surface area contributed by atoms with Gasteiger partial charge in [0.25, 0.3) is 0 Å². The van der Waals surface area contributed by atoms with Crippen LogP contribution in [0.5, 0.6) is 11.5 Å². The summed E-state index contributed by atoms with van der Waals surface area (Å²) in [6.07, 6.45) is 8.21. The number of carbonyl (C=O) groups is 2. The van der Waals surface area contributed by atoms with Crippen LogP contribution in [0, 0.1) is 0 Å². The Labute approximate surface area is 213 Å². The molecule has 2 aromatic carbocycles. The highest BCUT2D eigenvalue weighted by atomic mass is 16.5. The van der Waals surface area contributed by atoms with Crippen molar-refractivity contribution in [2.75, 3.05) is 33.3 Å². The first-order chi connectivity index (χ1) is 17.5. The molecule has 2 aliphatic rings. The minimum Gasteiger partial charge on any atom is -0.493 e. The number of benzene rings is 2. The van der Waals surface area contributed by atoms with Crippen molar-refractivity contribution in [3.8, 4) is 11.5 Å². The predicted octanol–water partition coefficient (Wildman–Crippen LogP) is 4.27. The molecule has 8 heteroatoms. The van der Waals surface area contributed by atoms with Gasteiger partial charge in [0.2, 0.25) is 0 Å². The van der Waals surface area contributed by atoms with Crippen LogP contribution >= 0.6 is 0 Å². The minimum atomic E-state index is -1.82. The number of carboxylic acids is 2. The number of piperidine rings is 1. The lowest BCUT2D eigenvalue weighted by atomic mass is 10.0. The highest BCUT2D eigenvalue weighted by Gasteiger charge is 2.25. The van der Waals surface area contributed by atoms with Crippen molar-refractivity contribution in [2.45, 2.75) is 57.7 Å². The second kappa shape index (κ2) is 14.5. The third kappa shape index (κ3) is 8.84. The van der Waals surface area contributed by atoms with Crippen molar-refractivity contribution in [3.63, 3.8) is 0 Å². The van der Waals surface area contributed by atoms with Gasteiger partial charge in [0.15, 0.2) is 11.5 Å². The molecule has 2 fully saturated rings. The second-order valence-corrected chi connectivity index (χ2v) is 9.33. The average molecular weight is 499 g/mol. The van der Waals surface area contributed by atoms with Gasteiger partial charge in [0, 0.05) is 12.6 Å². The molecule has 196 valence electrons. The number of nitrogens with zero attached hydrogens (tertiary/aromatic N) is 2. The number of hydrogen-bond donors (Lipinski definition) is 2. The number of carboxylic acid groups (broad SMARTS) is 2. The molecule has 0 bridgehead atoms. The summed E-state index contributed by atoms with van der Waals surface area (Å²) in [4.78, 5) is 23.6. The van der Waals surface area contributed by atoms with Crippen molar-refractivity contribution in [1.82, 2.24) is 9.80 Å². The van der Waals surface area contributed by atoms with Crippen LogP contribution in [0.1, 0.15) is 49.7 Å². The second-order valence-electron chi connectivity index (χ2n) is 9.33. The fourth-order valence-electron chi connectivity index (χ4n) is 4.83. The van der Waals surface area contributed by atoms with Crippen molar-refractivity contribution >= 4 is 11.9 Å².